The summed E-state index contributed by atoms with van der Waals surface area (Å²) in [5.41, 5.74) is 4.17. The largest absolute Gasteiger partial charge is 2.00 e. The maximum atomic E-state index is 5.86. The molecule has 23 heavy (non-hydrogen) atoms. The third-order valence-electron chi connectivity index (χ3n) is 3.25. The molecule has 0 unspecified atom stereocenters. The first-order valence-electron chi connectivity index (χ1n) is 7.03. The molecule has 0 saturated carbocycles. The summed E-state index contributed by atoms with van der Waals surface area (Å²) in [6.45, 7) is 0. The number of hydrogen-bond acceptors (Lipinski definition) is 1. The second-order valence-corrected chi connectivity index (χ2v) is 5.25. The minimum absolute atomic E-state index is 0. The van der Waals surface area contributed by atoms with Gasteiger partial charge in [0.05, 0.1) is 5.69 Å². The Kier molecular flexibility index (Phi) is 6.42. The molecule has 4 aromatic rings. The number of rotatable bonds is 2. The van der Waals surface area contributed by atoms with E-state index in [0.717, 1.165) is 27.5 Å². The number of hydrogen-bond donors (Lipinski definition) is 1. The number of H-pyrrole nitrogens is 1. The zero-order valence-electron chi connectivity index (χ0n) is 12.3. The van der Waals surface area contributed by atoms with Crippen molar-refractivity contribution in [3.8, 4) is 22.5 Å². The van der Waals surface area contributed by atoms with E-state index in [1.807, 2.05) is 72.8 Å². The molecule has 4 heteroatoms. The smallest absolute Gasteiger partial charge is 0.297 e. The SMILES string of the molecule is Clc1ccc(-c2cc(-[c-]3cccc3)[nH]n2)cc1.[Fe+2].c1cc[cH-]c1. The summed E-state index contributed by atoms with van der Waals surface area (Å²) < 4.78 is 0. The molecular formula is C19H15ClFeN2. The van der Waals surface area contributed by atoms with Crippen LogP contribution in [0.4, 0.5) is 0 Å². The van der Waals surface area contributed by atoms with Crippen LogP contribution in [-0.2, 0) is 17.1 Å². The van der Waals surface area contributed by atoms with Crippen molar-refractivity contribution < 1.29 is 17.1 Å². The molecule has 0 spiro atoms. The van der Waals surface area contributed by atoms with Gasteiger partial charge in [0, 0.05) is 5.02 Å². The third kappa shape index (κ3) is 4.70. The van der Waals surface area contributed by atoms with Crippen LogP contribution in [0.5, 0.6) is 0 Å². The van der Waals surface area contributed by atoms with Crippen molar-refractivity contribution in [2.75, 3.05) is 0 Å². The van der Waals surface area contributed by atoms with Crippen LogP contribution in [0, 0.1) is 0 Å². The van der Waals surface area contributed by atoms with Gasteiger partial charge < -0.3 is 0 Å². The molecule has 2 nitrogen and oxygen atoms in total. The second kappa shape index (κ2) is 8.54. The Morgan fingerprint density at radius 2 is 1.61 bits per heavy atom. The Morgan fingerprint density at radius 3 is 2.17 bits per heavy atom. The topological polar surface area (TPSA) is 28.7 Å². The van der Waals surface area contributed by atoms with Gasteiger partial charge in [0.2, 0.25) is 0 Å². The third-order valence-corrected chi connectivity index (χ3v) is 3.50. The van der Waals surface area contributed by atoms with Gasteiger partial charge in [-0.15, -0.1) is 12.1 Å². The summed E-state index contributed by atoms with van der Waals surface area (Å²) >= 11 is 5.86. The molecule has 1 N–H and O–H groups in total. The number of benzene rings is 1. The average molecular weight is 363 g/mol. The summed E-state index contributed by atoms with van der Waals surface area (Å²) in [5, 5.41) is 8.08. The van der Waals surface area contributed by atoms with E-state index < -0.39 is 0 Å². The Balaban J connectivity index is 0.000000276. The van der Waals surface area contributed by atoms with Crippen LogP contribution in [-0.4, -0.2) is 10.2 Å². The van der Waals surface area contributed by atoms with Crippen LogP contribution in [0.2, 0.25) is 5.02 Å². The van der Waals surface area contributed by atoms with Crippen LogP contribution in [0.25, 0.3) is 22.5 Å². The molecule has 0 radical (unpaired) electrons. The Labute approximate surface area is 151 Å². The summed E-state index contributed by atoms with van der Waals surface area (Å²) in [6.07, 6.45) is 0. The van der Waals surface area contributed by atoms with E-state index in [-0.39, 0.29) is 17.1 Å². The van der Waals surface area contributed by atoms with E-state index in [2.05, 4.69) is 22.3 Å². The minimum atomic E-state index is 0. The van der Waals surface area contributed by atoms with Crippen molar-refractivity contribution in [1.29, 1.82) is 0 Å². The van der Waals surface area contributed by atoms with Crippen molar-refractivity contribution in [3.63, 3.8) is 0 Å². The quantitative estimate of drug-likeness (QED) is 0.369. The van der Waals surface area contributed by atoms with Gasteiger partial charge in [0.25, 0.3) is 0 Å². The van der Waals surface area contributed by atoms with E-state index in [4.69, 9.17) is 11.6 Å². The van der Waals surface area contributed by atoms with Crippen molar-refractivity contribution in [3.05, 3.63) is 90.0 Å². The first-order chi connectivity index (χ1) is 10.8. The molecule has 0 bridgehead atoms. The minimum Gasteiger partial charge on any atom is -0.297 e. The average Bonchev–Trinajstić information content (AvgIpc) is 3.30. The standard InChI is InChI=1S/C14H10ClN2.C5H5.Fe/c15-12-7-5-11(6-8-12)14-9-13(16-17-14)10-3-1-2-4-10;1-2-4-5-3-1;/h1-9H,(H,16,17);1-5H;/q2*-1;+2. The monoisotopic (exact) mass is 362 g/mol. The van der Waals surface area contributed by atoms with E-state index in [0.29, 0.717) is 0 Å². The fourth-order valence-corrected chi connectivity index (χ4v) is 2.24. The fourth-order valence-electron chi connectivity index (χ4n) is 2.11. The van der Waals surface area contributed by atoms with Gasteiger partial charge in [-0.25, -0.2) is 12.1 Å². The molecule has 0 aliphatic rings. The first-order valence-corrected chi connectivity index (χ1v) is 7.41. The Hall–Kier alpha value is -2.06. The van der Waals surface area contributed by atoms with Gasteiger partial charge in [-0.05, 0) is 23.4 Å². The molecule has 0 fully saturated rings. The van der Waals surface area contributed by atoms with E-state index in [1.54, 1.807) is 0 Å². The normalized spacial score (nSPS) is 9.61. The van der Waals surface area contributed by atoms with Gasteiger partial charge in [-0.3, -0.25) is 5.10 Å². The van der Waals surface area contributed by atoms with Crippen molar-refractivity contribution in [2.45, 2.75) is 0 Å². The van der Waals surface area contributed by atoms with Crippen molar-refractivity contribution in [1.82, 2.24) is 10.2 Å². The molecule has 116 valence electrons. The zero-order valence-corrected chi connectivity index (χ0v) is 14.1. The number of nitrogens with zero attached hydrogens (tertiary/aromatic N) is 1. The molecule has 0 amide bonds. The molecule has 0 aliphatic heterocycles. The van der Waals surface area contributed by atoms with Gasteiger partial charge in [0.1, 0.15) is 0 Å². The summed E-state index contributed by atoms with van der Waals surface area (Å²) in [6, 6.07) is 27.8. The van der Waals surface area contributed by atoms with E-state index >= 15 is 0 Å². The van der Waals surface area contributed by atoms with Gasteiger partial charge >= 0.3 is 17.1 Å². The second-order valence-electron chi connectivity index (χ2n) is 4.81. The molecule has 0 atom stereocenters. The number of nitrogens with one attached hydrogen (secondary N) is 1. The van der Waals surface area contributed by atoms with Gasteiger partial charge in [-0.1, -0.05) is 35.4 Å². The molecular weight excluding hydrogens is 348 g/mol. The van der Waals surface area contributed by atoms with Crippen LogP contribution >= 0.6 is 11.6 Å². The summed E-state index contributed by atoms with van der Waals surface area (Å²) in [4.78, 5) is 0. The molecule has 3 aromatic carbocycles. The molecule has 0 saturated heterocycles. The predicted octanol–water partition coefficient (Wildman–Crippen LogP) is 5.52. The Bertz CT molecular complexity index is 767. The predicted molar refractivity (Wildman–Crippen MR) is 92.1 cm³/mol. The summed E-state index contributed by atoms with van der Waals surface area (Å²) in [7, 11) is 0. The first kappa shape index (κ1) is 17.3. The molecule has 1 heterocycles. The van der Waals surface area contributed by atoms with Crippen LogP contribution in [0.1, 0.15) is 0 Å². The van der Waals surface area contributed by atoms with Gasteiger partial charge in [0.15, 0.2) is 0 Å². The molecule has 4 rings (SSSR count). The maximum absolute atomic E-state index is 5.86. The fraction of sp³-hybridized carbons (Fsp3) is 0. The zero-order chi connectivity index (χ0) is 15.2. The van der Waals surface area contributed by atoms with Crippen LogP contribution in [0.15, 0.2) is 84.9 Å². The molecule has 0 aliphatic carbocycles. The van der Waals surface area contributed by atoms with Crippen LogP contribution in [0.3, 0.4) is 0 Å². The number of halogens is 1. The number of aromatic amines is 1. The van der Waals surface area contributed by atoms with Gasteiger partial charge in [-0.2, -0.15) is 35.4 Å². The van der Waals surface area contributed by atoms with Crippen molar-refractivity contribution >= 4 is 11.6 Å². The summed E-state index contributed by atoms with van der Waals surface area (Å²) in [5.74, 6) is 0. The van der Waals surface area contributed by atoms with Crippen molar-refractivity contribution in [2.24, 2.45) is 0 Å². The van der Waals surface area contributed by atoms with Crippen LogP contribution < -0.4 is 0 Å². The Morgan fingerprint density at radius 1 is 0.957 bits per heavy atom. The molecule has 1 aromatic heterocycles. The maximum Gasteiger partial charge on any atom is 2.00 e. The number of aromatic nitrogens is 2. The van der Waals surface area contributed by atoms with E-state index in [9.17, 15) is 0 Å². The van der Waals surface area contributed by atoms with E-state index in [1.165, 1.54) is 0 Å².